The number of aryl methyl sites for hydroxylation is 1. The number of hydrogen-bond donors (Lipinski definition) is 3. The molecule has 0 aliphatic carbocycles. The van der Waals surface area contributed by atoms with E-state index >= 15 is 0 Å². The number of carbonyl (C=O) groups is 2. The van der Waals surface area contributed by atoms with Crippen LogP contribution in [0.15, 0.2) is 42.5 Å². The molecule has 1 aliphatic heterocycles. The first kappa shape index (κ1) is 17.8. The van der Waals surface area contributed by atoms with Crippen molar-refractivity contribution in [1.29, 1.82) is 0 Å². The average Bonchev–Trinajstić information content (AvgIpc) is 2.63. The Hall–Kier alpha value is -3.02. The van der Waals surface area contributed by atoms with Gasteiger partial charge in [-0.3, -0.25) is 4.79 Å². The van der Waals surface area contributed by atoms with Crippen LogP contribution in [0.1, 0.15) is 31.7 Å². The Morgan fingerprint density at radius 3 is 2.58 bits per heavy atom. The van der Waals surface area contributed by atoms with E-state index in [2.05, 4.69) is 22.9 Å². The van der Waals surface area contributed by atoms with E-state index in [-0.39, 0.29) is 11.9 Å². The van der Waals surface area contributed by atoms with Gasteiger partial charge in [-0.15, -0.1) is 0 Å². The van der Waals surface area contributed by atoms with E-state index in [0.717, 1.165) is 29.8 Å². The summed E-state index contributed by atoms with van der Waals surface area (Å²) in [6.45, 7) is 2.82. The second kappa shape index (κ2) is 8.38. The topological polar surface area (TPSA) is 79.5 Å². The summed E-state index contributed by atoms with van der Waals surface area (Å²) in [6, 6.07) is 12.5. The molecule has 0 atom stereocenters. The summed E-state index contributed by atoms with van der Waals surface area (Å²) in [6.07, 6.45) is 3.26. The van der Waals surface area contributed by atoms with E-state index < -0.39 is 0 Å². The number of benzene rings is 2. The maximum atomic E-state index is 12.2. The van der Waals surface area contributed by atoms with Crippen molar-refractivity contribution in [2.75, 3.05) is 22.6 Å². The fourth-order valence-corrected chi connectivity index (χ4v) is 2.72. The number of unbranched alkanes of at least 4 members (excludes halogenated alkanes) is 1. The zero-order valence-electron chi connectivity index (χ0n) is 14.8. The van der Waals surface area contributed by atoms with Gasteiger partial charge < -0.3 is 20.7 Å². The van der Waals surface area contributed by atoms with E-state index in [1.807, 2.05) is 36.4 Å². The van der Waals surface area contributed by atoms with Crippen LogP contribution in [0.2, 0.25) is 0 Å². The molecule has 0 unspecified atom stereocenters. The molecular formula is C20H23N3O3. The molecule has 0 bridgehead atoms. The maximum absolute atomic E-state index is 12.2. The first-order valence-electron chi connectivity index (χ1n) is 8.87. The van der Waals surface area contributed by atoms with Crippen LogP contribution >= 0.6 is 0 Å². The number of urea groups is 1. The third-order valence-electron chi connectivity index (χ3n) is 4.14. The summed E-state index contributed by atoms with van der Waals surface area (Å²) in [5.41, 5.74) is 3.22. The fourth-order valence-electron chi connectivity index (χ4n) is 2.72. The zero-order chi connectivity index (χ0) is 18.4. The number of hydrogen-bond acceptors (Lipinski definition) is 3. The largest absolute Gasteiger partial charge is 0.494 e. The SMILES string of the molecule is CCCCOc1ccc(NC(=O)Nc2ccc3c(c2)CCC(=O)N3)cc1. The molecule has 0 saturated carbocycles. The molecule has 2 aromatic rings. The lowest BCUT2D eigenvalue weighted by Gasteiger charge is -2.18. The predicted octanol–water partition coefficient (Wildman–Crippen LogP) is 4.39. The second-order valence-corrected chi connectivity index (χ2v) is 6.23. The summed E-state index contributed by atoms with van der Waals surface area (Å²) >= 11 is 0. The molecule has 1 heterocycles. The lowest BCUT2D eigenvalue weighted by Crippen LogP contribution is -2.21. The first-order valence-corrected chi connectivity index (χ1v) is 8.87. The van der Waals surface area contributed by atoms with Crippen LogP contribution in [0.25, 0.3) is 0 Å². The van der Waals surface area contributed by atoms with E-state index in [0.29, 0.717) is 30.8 Å². The molecule has 0 aromatic heterocycles. The third-order valence-corrected chi connectivity index (χ3v) is 4.14. The number of fused-ring (bicyclic) bond motifs is 1. The Kier molecular flexibility index (Phi) is 5.73. The molecule has 3 N–H and O–H groups in total. The van der Waals surface area contributed by atoms with Gasteiger partial charge in [-0.05, 0) is 60.9 Å². The predicted molar refractivity (Wildman–Crippen MR) is 103 cm³/mol. The van der Waals surface area contributed by atoms with Crippen molar-refractivity contribution >= 4 is 29.0 Å². The molecular weight excluding hydrogens is 330 g/mol. The quantitative estimate of drug-likeness (QED) is 0.674. The van der Waals surface area contributed by atoms with Crippen LogP contribution < -0.4 is 20.7 Å². The molecule has 6 nitrogen and oxygen atoms in total. The van der Waals surface area contributed by atoms with E-state index in [1.54, 1.807) is 6.07 Å². The highest BCUT2D eigenvalue weighted by molar-refractivity contribution is 6.00. The van der Waals surface area contributed by atoms with Crippen molar-refractivity contribution in [1.82, 2.24) is 0 Å². The lowest BCUT2D eigenvalue weighted by atomic mass is 10.0. The standard InChI is InChI=1S/C20H23N3O3/c1-2-3-12-26-17-8-5-15(6-9-17)21-20(25)22-16-7-10-18-14(13-16)4-11-19(24)23-18/h5-10,13H,2-4,11-12H2,1H3,(H,23,24)(H2,21,22,25). The smallest absolute Gasteiger partial charge is 0.323 e. The molecule has 0 spiro atoms. The van der Waals surface area contributed by atoms with Crippen LogP contribution in [-0.4, -0.2) is 18.5 Å². The van der Waals surface area contributed by atoms with Gasteiger partial charge in [-0.1, -0.05) is 13.3 Å². The van der Waals surface area contributed by atoms with Crippen LogP contribution in [0.4, 0.5) is 21.9 Å². The minimum Gasteiger partial charge on any atom is -0.494 e. The second-order valence-electron chi connectivity index (χ2n) is 6.23. The van der Waals surface area contributed by atoms with Gasteiger partial charge >= 0.3 is 6.03 Å². The van der Waals surface area contributed by atoms with Crippen molar-refractivity contribution in [2.24, 2.45) is 0 Å². The van der Waals surface area contributed by atoms with Gasteiger partial charge in [0.15, 0.2) is 0 Å². The molecule has 1 aliphatic rings. The van der Waals surface area contributed by atoms with E-state index in [9.17, 15) is 9.59 Å². The molecule has 3 rings (SSSR count). The normalized spacial score (nSPS) is 12.7. The van der Waals surface area contributed by atoms with Crippen molar-refractivity contribution in [3.63, 3.8) is 0 Å². The van der Waals surface area contributed by atoms with Gasteiger partial charge in [-0.25, -0.2) is 4.79 Å². The summed E-state index contributed by atoms with van der Waals surface area (Å²) in [4.78, 5) is 23.6. The van der Waals surface area contributed by atoms with Gasteiger partial charge in [-0.2, -0.15) is 0 Å². The van der Waals surface area contributed by atoms with Crippen molar-refractivity contribution in [3.8, 4) is 5.75 Å². The van der Waals surface area contributed by atoms with Gasteiger partial charge in [0.05, 0.1) is 6.61 Å². The minimum atomic E-state index is -0.315. The van der Waals surface area contributed by atoms with Crippen molar-refractivity contribution in [3.05, 3.63) is 48.0 Å². The monoisotopic (exact) mass is 353 g/mol. The third kappa shape index (κ3) is 4.75. The van der Waals surface area contributed by atoms with Gasteiger partial charge in [0.2, 0.25) is 5.91 Å². The summed E-state index contributed by atoms with van der Waals surface area (Å²) in [5, 5.41) is 8.44. The molecule has 0 fully saturated rings. The van der Waals surface area contributed by atoms with Crippen LogP contribution in [0.5, 0.6) is 5.75 Å². The highest BCUT2D eigenvalue weighted by Gasteiger charge is 2.15. The number of nitrogens with one attached hydrogen (secondary N) is 3. The molecule has 26 heavy (non-hydrogen) atoms. The van der Waals surface area contributed by atoms with Crippen LogP contribution in [0, 0.1) is 0 Å². The zero-order valence-corrected chi connectivity index (χ0v) is 14.8. The first-order chi connectivity index (χ1) is 12.6. The number of rotatable bonds is 6. The van der Waals surface area contributed by atoms with E-state index in [4.69, 9.17) is 4.74 Å². The molecule has 3 amide bonds. The van der Waals surface area contributed by atoms with Gasteiger partial charge in [0.1, 0.15) is 5.75 Å². The number of carbonyl (C=O) groups excluding carboxylic acids is 2. The molecule has 136 valence electrons. The van der Waals surface area contributed by atoms with Crippen molar-refractivity contribution in [2.45, 2.75) is 32.6 Å². The Morgan fingerprint density at radius 2 is 1.81 bits per heavy atom. The summed E-state index contributed by atoms with van der Waals surface area (Å²) < 4.78 is 5.60. The summed E-state index contributed by atoms with van der Waals surface area (Å²) in [7, 11) is 0. The van der Waals surface area contributed by atoms with E-state index in [1.165, 1.54) is 0 Å². The highest BCUT2D eigenvalue weighted by atomic mass is 16.5. The Bertz CT molecular complexity index is 787. The maximum Gasteiger partial charge on any atom is 0.323 e. The van der Waals surface area contributed by atoms with Crippen LogP contribution in [0.3, 0.4) is 0 Å². The van der Waals surface area contributed by atoms with Crippen molar-refractivity contribution < 1.29 is 14.3 Å². The molecule has 0 saturated heterocycles. The molecule has 2 aromatic carbocycles. The molecule has 6 heteroatoms. The minimum absolute atomic E-state index is 0.0260. The highest BCUT2D eigenvalue weighted by Crippen LogP contribution is 2.25. The van der Waals surface area contributed by atoms with Gasteiger partial charge in [0, 0.05) is 23.5 Å². The lowest BCUT2D eigenvalue weighted by molar-refractivity contribution is -0.116. The fraction of sp³-hybridized carbons (Fsp3) is 0.300. The number of amides is 3. The average molecular weight is 353 g/mol. The molecule has 0 radical (unpaired) electrons. The number of ether oxygens (including phenoxy) is 1. The summed E-state index contributed by atoms with van der Waals surface area (Å²) in [5.74, 6) is 0.819. The Morgan fingerprint density at radius 1 is 1.08 bits per heavy atom. The van der Waals surface area contributed by atoms with Crippen LogP contribution in [-0.2, 0) is 11.2 Å². The number of anilines is 3. The Labute approximate surface area is 152 Å². The van der Waals surface area contributed by atoms with Gasteiger partial charge in [0.25, 0.3) is 0 Å². The Balaban J connectivity index is 1.55.